The number of carboxylic acids is 1. The molecule has 1 aromatic heterocycles. The van der Waals surface area contributed by atoms with Gasteiger partial charge in [-0.3, -0.25) is 0 Å². The number of rotatable bonds is 5. The van der Waals surface area contributed by atoms with Crippen LogP contribution in [0.25, 0.3) is 0 Å². The fraction of sp³-hybridized carbons (Fsp3) is 0.636. The highest BCUT2D eigenvalue weighted by Gasteiger charge is 2.13. The van der Waals surface area contributed by atoms with Gasteiger partial charge in [0.05, 0.1) is 5.69 Å². The van der Waals surface area contributed by atoms with Crippen molar-refractivity contribution in [2.24, 2.45) is 0 Å². The minimum absolute atomic E-state index is 0.175. The van der Waals surface area contributed by atoms with Crippen LogP contribution in [-0.4, -0.2) is 33.6 Å². The predicted molar refractivity (Wildman–Crippen MR) is 70.9 cm³/mol. The maximum atomic E-state index is 10.7. The van der Waals surface area contributed by atoms with Crippen LogP contribution in [-0.2, 0) is 6.54 Å². The summed E-state index contributed by atoms with van der Waals surface area (Å²) in [6.45, 7) is 1.66. The molecule has 2 rings (SSSR count). The Morgan fingerprint density at radius 2 is 2.47 bits per heavy atom. The molecule has 1 atom stereocenters. The number of thioether (sulfide) groups is 1. The van der Waals surface area contributed by atoms with Crippen molar-refractivity contribution in [1.82, 2.24) is 10.3 Å². The van der Waals surface area contributed by atoms with Crippen LogP contribution in [0.3, 0.4) is 0 Å². The number of aromatic nitrogens is 1. The van der Waals surface area contributed by atoms with E-state index in [4.69, 9.17) is 5.11 Å². The maximum Gasteiger partial charge on any atom is 0.365 e. The van der Waals surface area contributed by atoms with Crippen LogP contribution in [0.5, 0.6) is 0 Å². The molecule has 4 nitrogen and oxygen atoms in total. The normalized spacial score (nSPS) is 20.4. The van der Waals surface area contributed by atoms with Gasteiger partial charge in [-0.05, 0) is 18.6 Å². The molecule has 1 unspecified atom stereocenters. The zero-order valence-electron chi connectivity index (χ0n) is 9.52. The summed E-state index contributed by atoms with van der Waals surface area (Å²) in [4.78, 5) is 14.7. The number of nitrogens with zero attached hydrogens (tertiary/aromatic N) is 1. The fourth-order valence-corrected chi connectivity index (χ4v) is 3.74. The van der Waals surface area contributed by atoms with Crippen LogP contribution in [0.4, 0.5) is 0 Å². The van der Waals surface area contributed by atoms with Gasteiger partial charge >= 0.3 is 5.97 Å². The third kappa shape index (κ3) is 3.97. The summed E-state index contributed by atoms with van der Waals surface area (Å²) in [7, 11) is 0. The maximum absolute atomic E-state index is 10.7. The lowest BCUT2D eigenvalue weighted by molar-refractivity contribution is 0.0696. The van der Waals surface area contributed by atoms with Crippen LogP contribution in [0.1, 0.15) is 34.8 Å². The van der Waals surface area contributed by atoms with E-state index >= 15 is 0 Å². The predicted octanol–water partition coefficient (Wildman–Crippen LogP) is 2.22. The van der Waals surface area contributed by atoms with Crippen molar-refractivity contribution in [2.45, 2.75) is 31.1 Å². The Kier molecular flexibility index (Phi) is 4.82. The highest BCUT2D eigenvalue weighted by atomic mass is 32.2. The highest BCUT2D eigenvalue weighted by molar-refractivity contribution is 7.99. The minimum Gasteiger partial charge on any atom is -0.476 e. The second-order valence-corrected chi connectivity index (χ2v) is 6.33. The molecule has 0 radical (unpaired) electrons. The first-order valence-corrected chi connectivity index (χ1v) is 7.68. The van der Waals surface area contributed by atoms with E-state index in [0.717, 1.165) is 12.2 Å². The lowest BCUT2D eigenvalue weighted by Crippen LogP contribution is -2.26. The summed E-state index contributed by atoms with van der Waals surface area (Å²) >= 11 is 3.22. The molecule has 1 aliphatic rings. The van der Waals surface area contributed by atoms with Gasteiger partial charge in [0.15, 0.2) is 0 Å². The second-order valence-electron chi connectivity index (χ2n) is 4.07. The third-order valence-corrected chi connectivity index (χ3v) is 4.96. The molecule has 6 heteroatoms. The van der Waals surface area contributed by atoms with Crippen LogP contribution in [0, 0.1) is 0 Å². The number of thiazole rings is 1. The summed E-state index contributed by atoms with van der Waals surface area (Å²) in [5.41, 5.74) is 0.827. The molecular formula is C11H16N2O2S2. The molecule has 0 aliphatic carbocycles. The lowest BCUT2D eigenvalue weighted by atomic mass is 10.2. The van der Waals surface area contributed by atoms with Gasteiger partial charge in [-0.25, -0.2) is 9.78 Å². The number of carboxylic acid groups (broad SMARTS) is 1. The molecule has 0 spiro atoms. The van der Waals surface area contributed by atoms with Gasteiger partial charge in [0.2, 0.25) is 5.01 Å². The first-order valence-electron chi connectivity index (χ1n) is 5.75. The molecule has 0 bridgehead atoms. The summed E-state index contributed by atoms with van der Waals surface area (Å²) in [6.07, 6.45) is 3.96. The van der Waals surface area contributed by atoms with Crippen molar-refractivity contribution < 1.29 is 9.90 Å². The van der Waals surface area contributed by atoms with Gasteiger partial charge in [-0.15, -0.1) is 11.3 Å². The quantitative estimate of drug-likeness (QED) is 0.860. The molecule has 94 valence electrons. The smallest absolute Gasteiger partial charge is 0.365 e. The Bertz CT molecular complexity index is 375. The molecule has 0 amide bonds. The Morgan fingerprint density at radius 3 is 3.12 bits per heavy atom. The first-order chi connectivity index (χ1) is 8.25. The summed E-state index contributed by atoms with van der Waals surface area (Å²) in [6, 6.07) is 0. The van der Waals surface area contributed by atoms with E-state index in [1.807, 2.05) is 17.1 Å². The van der Waals surface area contributed by atoms with Gasteiger partial charge < -0.3 is 10.4 Å². The monoisotopic (exact) mass is 272 g/mol. The second kappa shape index (κ2) is 6.37. The third-order valence-electron chi connectivity index (χ3n) is 2.69. The van der Waals surface area contributed by atoms with Crippen molar-refractivity contribution in [1.29, 1.82) is 0 Å². The molecule has 1 aromatic rings. The molecule has 1 aliphatic heterocycles. The number of carbonyl (C=O) groups is 1. The average Bonchev–Trinajstić information content (AvgIpc) is 2.79. The number of nitrogens with one attached hydrogen (secondary N) is 1. The molecule has 2 heterocycles. The Morgan fingerprint density at radius 1 is 1.59 bits per heavy atom. The van der Waals surface area contributed by atoms with Crippen molar-refractivity contribution in [3.63, 3.8) is 0 Å². The van der Waals surface area contributed by atoms with Gasteiger partial charge in [0.25, 0.3) is 0 Å². The zero-order valence-corrected chi connectivity index (χ0v) is 11.1. The highest BCUT2D eigenvalue weighted by Crippen LogP contribution is 2.24. The number of hydrogen-bond donors (Lipinski definition) is 2. The van der Waals surface area contributed by atoms with Crippen molar-refractivity contribution in [3.8, 4) is 0 Å². The Labute approximate surface area is 109 Å². The van der Waals surface area contributed by atoms with Crippen LogP contribution < -0.4 is 5.32 Å². The van der Waals surface area contributed by atoms with Gasteiger partial charge in [-0.2, -0.15) is 11.8 Å². The minimum atomic E-state index is -0.941. The average molecular weight is 272 g/mol. The first kappa shape index (κ1) is 12.9. The Hall–Kier alpha value is -0.590. The topological polar surface area (TPSA) is 62.2 Å². The lowest BCUT2D eigenvalue weighted by Gasteiger charge is -2.21. The van der Waals surface area contributed by atoms with E-state index in [9.17, 15) is 4.79 Å². The molecule has 1 saturated heterocycles. The van der Waals surface area contributed by atoms with Crippen molar-refractivity contribution in [2.75, 3.05) is 12.3 Å². The number of hydrogen-bond acceptors (Lipinski definition) is 5. The van der Waals surface area contributed by atoms with Crippen LogP contribution in [0.15, 0.2) is 5.38 Å². The van der Waals surface area contributed by atoms with E-state index < -0.39 is 5.97 Å². The molecule has 0 aromatic carbocycles. The van der Waals surface area contributed by atoms with E-state index in [1.54, 1.807) is 0 Å². The van der Waals surface area contributed by atoms with Crippen LogP contribution in [0.2, 0.25) is 0 Å². The van der Waals surface area contributed by atoms with E-state index in [1.165, 1.54) is 36.4 Å². The van der Waals surface area contributed by atoms with Crippen LogP contribution >= 0.6 is 23.1 Å². The fourth-order valence-electron chi connectivity index (χ4n) is 1.82. The molecule has 1 fully saturated rings. The SMILES string of the molecule is O=C(O)c1nc(CNCC2CCCCS2)cs1. The van der Waals surface area contributed by atoms with E-state index in [0.29, 0.717) is 11.8 Å². The van der Waals surface area contributed by atoms with Gasteiger partial charge in [0, 0.05) is 23.7 Å². The molecule has 17 heavy (non-hydrogen) atoms. The molecule has 0 saturated carbocycles. The number of aromatic carboxylic acids is 1. The standard InChI is InChI=1S/C11H16N2O2S2/c14-11(15)10-13-8(7-17-10)5-12-6-9-3-1-2-4-16-9/h7,9,12H,1-6H2,(H,14,15). The van der Waals surface area contributed by atoms with E-state index in [2.05, 4.69) is 10.3 Å². The zero-order chi connectivity index (χ0) is 12.1. The largest absolute Gasteiger partial charge is 0.476 e. The summed E-state index contributed by atoms with van der Waals surface area (Å²) < 4.78 is 0. The summed E-state index contributed by atoms with van der Waals surface area (Å²) in [5, 5.41) is 14.8. The molecule has 2 N–H and O–H groups in total. The molecular weight excluding hydrogens is 256 g/mol. The van der Waals surface area contributed by atoms with Gasteiger partial charge in [0.1, 0.15) is 0 Å². The van der Waals surface area contributed by atoms with Crippen molar-refractivity contribution >= 4 is 29.1 Å². The van der Waals surface area contributed by atoms with E-state index in [-0.39, 0.29) is 5.01 Å². The Balaban J connectivity index is 1.71. The summed E-state index contributed by atoms with van der Waals surface area (Å²) in [5.74, 6) is 0.329. The van der Waals surface area contributed by atoms with Gasteiger partial charge in [-0.1, -0.05) is 6.42 Å². The van der Waals surface area contributed by atoms with Crippen molar-refractivity contribution in [3.05, 3.63) is 16.1 Å².